The number of hydrogen-bond donors (Lipinski definition) is 1. The molecule has 0 aliphatic heterocycles. The van der Waals surface area contributed by atoms with Gasteiger partial charge in [0.1, 0.15) is 6.04 Å². The van der Waals surface area contributed by atoms with E-state index >= 15 is 0 Å². The summed E-state index contributed by atoms with van der Waals surface area (Å²) in [5.74, 6) is -0.159. The summed E-state index contributed by atoms with van der Waals surface area (Å²) in [7, 11) is 0. The number of amides is 2. The molecule has 0 aliphatic carbocycles. The van der Waals surface area contributed by atoms with Gasteiger partial charge >= 0.3 is 0 Å². The van der Waals surface area contributed by atoms with E-state index < -0.39 is 6.04 Å². The first-order valence-corrected chi connectivity index (χ1v) is 10.8. The van der Waals surface area contributed by atoms with E-state index in [0.29, 0.717) is 31.0 Å². The molecule has 0 unspecified atom stereocenters. The van der Waals surface area contributed by atoms with E-state index in [2.05, 4.69) is 12.2 Å². The molecule has 5 heteroatoms. The Morgan fingerprint density at radius 1 is 1.03 bits per heavy atom. The molecule has 1 atom stereocenters. The highest BCUT2D eigenvalue weighted by atomic mass is 35.5. The molecule has 2 rings (SSSR count). The van der Waals surface area contributed by atoms with Crippen LogP contribution in [0.3, 0.4) is 0 Å². The molecular weight excluding hydrogens is 384 g/mol. The Hall–Kier alpha value is -2.33. The highest BCUT2D eigenvalue weighted by molar-refractivity contribution is 6.31. The van der Waals surface area contributed by atoms with Gasteiger partial charge in [0.05, 0.1) is 6.42 Å². The largest absolute Gasteiger partial charge is 0.354 e. The Morgan fingerprint density at radius 2 is 1.72 bits per heavy atom. The van der Waals surface area contributed by atoms with Crippen molar-refractivity contribution in [1.29, 1.82) is 0 Å². The van der Waals surface area contributed by atoms with Gasteiger partial charge in [0.15, 0.2) is 0 Å². The molecule has 156 valence electrons. The van der Waals surface area contributed by atoms with Crippen molar-refractivity contribution in [2.45, 2.75) is 52.0 Å². The van der Waals surface area contributed by atoms with Crippen molar-refractivity contribution < 1.29 is 9.59 Å². The van der Waals surface area contributed by atoms with E-state index in [1.54, 1.807) is 11.0 Å². The van der Waals surface area contributed by atoms with Crippen LogP contribution < -0.4 is 5.32 Å². The average Bonchev–Trinajstić information content (AvgIpc) is 2.73. The zero-order valence-electron chi connectivity index (χ0n) is 17.4. The molecule has 29 heavy (non-hydrogen) atoms. The minimum absolute atomic E-state index is 0.0773. The lowest BCUT2D eigenvalue weighted by molar-refractivity contribution is -0.140. The Balaban J connectivity index is 2.17. The molecule has 0 aromatic heterocycles. The molecule has 0 bridgehead atoms. The molecule has 0 radical (unpaired) electrons. The second-order valence-corrected chi connectivity index (χ2v) is 7.57. The number of halogens is 1. The maximum atomic E-state index is 13.2. The fourth-order valence-corrected chi connectivity index (χ4v) is 3.51. The number of nitrogens with zero attached hydrogens (tertiary/aromatic N) is 1. The van der Waals surface area contributed by atoms with Crippen LogP contribution in [0.15, 0.2) is 54.6 Å². The van der Waals surface area contributed by atoms with Crippen LogP contribution in [0.4, 0.5) is 0 Å². The summed E-state index contributed by atoms with van der Waals surface area (Å²) < 4.78 is 0. The third kappa shape index (κ3) is 7.21. The number of rotatable bonds is 11. The SMILES string of the molecule is CCCCNC(=O)[C@H](CC)N(CCc1ccccc1)C(=O)Cc1ccccc1Cl. The van der Waals surface area contributed by atoms with Gasteiger partial charge < -0.3 is 10.2 Å². The molecule has 0 saturated carbocycles. The van der Waals surface area contributed by atoms with Gasteiger partial charge in [0, 0.05) is 18.1 Å². The third-order valence-corrected chi connectivity index (χ3v) is 5.37. The Morgan fingerprint density at radius 3 is 2.38 bits per heavy atom. The van der Waals surface area contributed by atoms with Gasteiger partial charge in [-0.1, -0.05) is 80.4 Å². The van der Waals surface area contributed by atoms with Gasteiger partial charge in [-0.25, -0.2) is 0 Å². The number of benzene rings is 2. The maximum Gasteiger partial charge on any atom is 0.242 e. The standard InChI is InChI=1S/C24H31ClN2O2/c1-3-5-16-26-24(29)22(4-2)27(17-15-19-11-7-6-8-12-19)23(28)18-20-13-9-10-14-21(20)25/h6-14,22H,3-5,15-18H2,1-2H3,(H,26,29)/t22-/m0/s1. The normalized spacial score (nSPS) is 11.7. The monoisotopic (exact) mass is 414 g/mol. The zero-order chi connectivity index (χ0) is 21.1. The number of carbonyl (C=O) groups excluding carboxylic acids is 2. The minimum atomic E-state index is -0.481. The van der Waals surface area contributed by atoms with Gasteiger partial charge in [0.25, 0.3) is 0 Å². The van der Waals surface area contributed by atoms with Gasteiger partial charge in [-0.15, -0.1) is 0 Å². The summed E-state index contributed by atoms with van der Waals surface area (Å²) in [5.41, 5.74) is 1.93. The van der Waals surface area contributed by atoms with E-state index in [-0.39, 0.29) is 18.2 Å². The van der Waals surface area contributed by atoms with E-state index in [9.17, 15) is 9.59 Å². The molecule has 0 spiro atoms. The lowest BCUT2D eigenvalue weighted by Crippen LogP contribution is -2.50. The number of unbranched alkanes of at least 4 members (excludes halogenated alkanes) is 1. The van der Waals surface area contributed by atoms with Gasteiger partial charge in [-0.3, -0.25) is 9.59 Å². The van der Waals surface area contributed by atoms with Gasteiger partial charge in [-0.2, -0.15) is 0 Å². The van der Waals surface area contributed by atoms with Crippen LogP contribution >= 0.6 is 11.6 Å². The maximum absolute atomic E-state index is 13.2. The van der Waals surface area contributed by atoms with Crippen LogP contribution in [0.25, 0.3) is 0 Å². The molecule has 2 aromatic carbocycles. The molecule has 0 fully saturated rings. The fraction of sp³-hybridized carbons (Fsp3) is 0.417. The first kappa shape index (κ1) is 23.0. The first-order chi connectivity index (χ1) is 14.1. The second kappa shape index (κ2) is 12.3. The molecular formula is C24H31ClN2O2. The number of nitrogens with one attached hydrogen (secondary N) is 1. The van der Waals surface area contributed by atoms with E-state index in [4.69, 9.17) is 11.6 Å². The van der Waals surface area contributed by atoms with Crippen molar-refractivity contribution in [3.8, 4) is 0 Å². The zero-order valence-corrected chi connectivity index (χ0v) is 18.1. The quantitative estimate of drug-likeness (QED) is 0.544. The van der Waals surface area contributed by atoms with Crippen LogP contribution in [0.5, 0.6) is 0 Å². The second-order valence-electron chi connectivity index (χ2n) is 7.16. The summed E-state index contributed by atoms with van der Waals surface area (Å²) >= 11 is 6.26. The highest BCUT2D eigenvalue weighted by Crippen LogP contribution is 2.18. The van der Waals surface area contributed by atoms with Crippen LogP contribution in [0.1, 0.15) is 44.2 Å². The summed E-state index contributed by atoms with van der Waals surface area (Å²) in [5, 5.41) is 3.56. The molecule has 1 N–H and O–H groups in total. The van der Waals surface area contributed by atoms with E-state index in [1.165, 1.54) is 0 Å². The Bertz CT molecular complexity index is 779. The van der Waals surface area contributed by atoms with Gasteiger partial charge in [0.2, 0.25) is 11.8 Å². The molecule has 0 aliphatic rings. The molecule has 0 heterocycles. The first-order valence-electron chi connectivity index (χ1n) is 10.4. The van der Waals surface area contributed by atoms with Crippen molar-refractivity contribution in [2.75, 3.05) is 13.1 Å². The topological polar surface area (TPSA) is 49.4 Å². The van der Waals surface area contributed by atoms with E-state index in [0.717, 1.165) is 24.0 Å². The van der Waals surface area contributed by atoms with Crippen LogP contribution in [-0.4, -0.2) is 35.8 Å². The fourth-order valence-electron chi connectivity index (χ4n) is 3.31. The summed E-state index contributed by atoms with van der Waals surface area (Å²) in [6.07, 6.45) is 3.40. The molecule has 0 saturated heterocycles. The van der Waals surface area contributed by atoms with Crippen molar-refractivity contribution in [3.05, 3.63) is 70.7 Å². The molecule has 2 aromatic rings. The predicted octanol–water partition coefficient (Wildman–Crippen LogP) is 4.65. The highest BCUT2D eigenvalue weighted by Gasteiger charge is 2.28. The summed E-state index contributed by atoms with van der Waals surface area (Å²) in [6, 6.07) is 16.9. The van der Waals surface area contributed by atoms with Crippen molar-refractivity contribution in [3.63, 3.8) is 0 Å². The molecule has 4 nitrogen and oxygen atoms in total. The average molecular weight is 415 g/mol. The third-order valence-electron chi connectivity index (χ3n) is 5.00. The van der Waals surface area contributed by atoms with E-state index in [1.807, 2.05) is 55.5 Å². The molecule has 2 amide bonds. The van der Waals surface area contributed by atoms with Crippen LogP contribution in [-0.2, 0) is 22.4 Å². The predicted molar refractivity (Wildman–Crippen MR) is 119 cm³/mol. The summed E-state index contributed by atoms with van der Waals surface area (Å²) in [4.78, 5) is 27.7. The number of carbonyl (C=O) groups is 2. The Kier molecular flexibility index (Phi) is 9.72. The van der Waals surface area contributed by atoms with Gasteiger partial charge in [-0.05, 0) is 36.5 Å². The van der Waals surface area contributed by atoms with Crippen molar-refractivity contribution >= 4 is 23.4 Å². The van der Waals surface area contributed by atoms with Crippen LogP contribution in [0.2, 0.25) is 5.02 Å². The summed E-state index contributed by atoms with van der Waals surface area (Å²) in [6.45, 7) is 5.16. The number of hydrogen-bond acceptors (Lipinski definition) is 2. The van der Waals surface area contributed by atoms with Crippen molar-refractivity contribution in [1.82, 2.24) is 10.2 Å². The smallest absolute Gasteiger partial charge is 0.242 e. The van der Waals surface area contributed by atoms with Crippen molar-refractivity contribution in [2.24, 2.45) is 0 Å². The van der Waals surface area contributed by atoms with Crippen LogP contribution in [0, 0.1) is 0 Å². The lowest BCUT2D eigenvalue weighted by Gasteiger charge is -2.31. The minimum Gasteiger partial charge on any atom is -0.354 e. The Labute approximate surface area is 179 Å². The lowest BCUT2D eigenvalue weighted by atomic mass is 10.1.